The zero-order chi connectivity index (χ0) is 15.2. The van der Waals surface area contributed by atoms with Gasteiger partial charge >= 0.3 is 5.97 Å². The summed E-state index contributed by atoms with van der Waals surface area (Å²) < 4.78 is 10.2. The lowest BCUT2D eigenvalue weighted by molar-refractivity contribution is 0.0527. The first-order valence-corrected chi connectivity index (χ1v) is 6.55. The van der Waals surface area contributed by atoms with Crippen LogP contribution in [0.25, 0.3) is 11.1 Å². The Morgan fingerprint density at radius 3 is 2.48 bits per heavy atom. The molecular weight excluding hydrogens is 266 g/mol. The fraction of sp³-hybridized carbons (Fsp3) is 0.176. The van der Waals surface area contributed by atoms with Crippen molar-refractivity contribution >= 4 is 5.97 Å². The molecular formula is C17H15NO3. The Hall–Kier alpha value is -2.80. The molecule has 2 rings (SSSR count). The molecule has 4 nitrogen and oxygen atoms in total. The number of nitriles is 1. The highest BCUT2D eigenvalue weighted by atomic mass is 16.5. The molecule has 0 N–H and O–H groups in total. The third-order valence-electron chi connectivity index (χ3n) is 3.05. The first kappa shape index (κ1) is 14.6. The zero-order valence-electron chi connectivity index (χ0n) is 11.9. The van der Waals surface area contributed by atoms with Crippen LogP contribution in [0.5, 0.6) is 5.75 Å². The summed E-state index contributed by atoms with van der Waals surface area (Å²) >= 11 is 0. The van der Waals surface area contributed by atoms with E-state index < -0.39 is 5.97 Å². The monoisotopic (exact) mass is 281 g/mol. The molecule has 0 atom stereocenters. The average Bonchev–Trinajstić information content (AvgIpc) is 2.54. The van der Waals surface area contributed by atoms with E-state index in [1.54, 1.807) is 32.2 Å². The van der Waals surface area contributed by atoms with Crippen LogP contribution in [0.3, 0.4) is 0 Å². The Balaban J connectivity index is 2.51. The van der Waals surface area contributed by atoms with E-state index in [4.69, 9.17) is 14.7 Å². The molecule has 0 aromatic heterocycles. The van der Waals surface area contributed by atoms with E-state index in [0.29, 0.717) is 11.1 Å². The first-order chi connectivity index (χ1) is 10.2. The van der Waals surface area contributed by atoms with Crippen LogP contribution in [0.1, 0.15) is 22.8 Å². The topological polar surface area (TPSA) is 59.3 Å². The van der Waals surface area contributed by atoms with Gasteiger partial charge in [-0.2, -0.15) is 5.26 Å². The SMILES string of the molecule is CCOC(=O)c1cc(C#N)ccc1-c1ccc(OC)cc1. The lowest BCUT2D eigenvalue weighted by Crippen LogP contribution is -2.07. The van der Waals surface area contributed by atoms with Crippen LogP contribution in [-0.4, -0.2) is 19.7 Å². The van der Waals surface area contributed by atoms with Gasteiger partial charge in [-0.15, -0.1) is 0 Å². The van der Waals surface area contributed by atoms with Crippen molar-refractivity contribution in [3.05, 3.63) is 53.6 Å². The quantitative estimate of drug-likeness (QED) is 0.806. The molecule has 0 aliphatic rings. The Morgan fingerprint density at radius 1 is 1.19 bits per heavy atom. The molecule has 0 saturated carbocycles. The van der Waals surface area contributed by atoms with Crippen LogP contribution in [-0.2, 0) is 4.74 Å². The first-order valence-electron chi connectivity index (χ1n) is 6.55. The third kappa shape index (κ3) is 3.21. The Morgan fingerprint density at radius 2 is 1.90 bits per heavy atom. The maximum absolute atomic E-state index is 12.1. The number of rotatable bonds is 4. The molecule has 0 spiro atoms. The van der Waals surface area contributed by atoms with Crippen molar-refractivity contribution in [1.29, 1.82) is 5.26 Å². The van der Waals surface area contributed by atoms with Gasteiger partial charge < -0.3 is 9.47 Å². The van der Waals surface area contributed by atoms with Gasteiger partial charge in [0.2, 0.25) is 0 Å². The number of methoxy groups -OCH3 is 1. The fourth-order valence-corrected chi connectivity index (χ4v) is 2.01. The van der Waals surface area contributed by atoms with Crippen LogP contribution in [0, 0.1) is 11.3 Å². The van der Waals surface area contributed by atoms with E-state index in [9.17, 15) is 4.79 Å². The van der Waals surface area contributed by atoms with Crippen LogP contribution < -0.4 is 4.74 Å². The molecule has 0 saturated heterocycles. The Bertz CT molecular complexity index is 684. The molecule has 0 unspecified atom stereocenters. The second-order valence-electron chi connectivity index (χ2n) is 4.32. The van der Waals surface area contributed by atoms with Crippen molar-refractivity contribution < 1.29 is 14.3 Å². The predicted octanol–water partition coefficient (Wildman–Crippen LogP) is 3.41. The van der Waals surface area contributed by atoms with Gasteiger partial charge in [0.1, 0.15) is 5.75 Å². The van der Waals surface area contributed by atoms with Gasteiger partial charge in [0, 0.05) is 0 Å². The molecule has 4 heteroatoms. The Kier molecular flexibility index (Phi) is 4.57. The minimum absolute atomic E-state index is 0.289. The number of benzene rings is 2. The summed E-state index contributed by atoms with van der Waals surface area (Å²) in [6, 6.07) is 14.4. The van der Waals surface area contributed by atoms with Gasteiger partial charge in [-0.25, -0.2) is 4.79 Å². The minimum Gasteiger partial charge on any atom is -0.497 e. The summed E-state index contributed by atoms with van der Waals surface area (Å²) in [5.41, 5.74) is 2.41. The summed E-state index contributed by atoms with van der Waals surface area (Å²) in [5.74, 6) is 0.311. The molecule has 0 heterocycles. The normalized spacial score (nSPS) is 9.76. The summed E-state index contributed by atoms with van der Waals surface area (Å²) in [6.07, 6.45) is 0. The van der Waals surface area contributed by atoms with Crippen molar-refractivity contribution in [2.24, 2.45) is 0 Å². The maximum atomic E-state index is 12.1. The second-order valence-corrected chi connectivity index (χ2v) is 4.32. The summed E-state index contributed by atoms with van der Waals surface area (Å²) in [4.78, 5) is 12.1. The molecule has 0 aliphatic carbocycles. The van der Waals surface area contributed by atoms with Gasteiger partial charge in [0.05, 0.1) is 30.9 Å². The van der Waals surface area contributed by atoms with Crippen LogP contribution in [0.15, 0.2) is 42.5 Å². The highest BCUT2D eigenvalue weighted by Gasteiger charge is 2.15. The summed E-state index contributed by atoms with van der Waals surface area (Å²) in [5, 5.41) is 8.98. The predicted molar refractivity (Wildman–Crippen MR) is 79.1 cm³/mol. The van der Waals surface area contributed by atoms with Gasteiger partial charge in [-0.3, -0.25) is 0 Å². The highest BCUT2D eigenvalue weighted by molar-refractivity contribution is 5.97. The van der Waals surface area contributed by atoms with Crippen LogP contribution >= 0.6 is 0 Å². The zero-order valence-corrected chi connectivity index (χ0v) is 11.9. The third-order valence-corrected chi connectivity index (χ3v) is 3.05. The molecule has 106 valence electrons. The second kappa shape index (κ2) is 6.58. The number of carbonyl (C=O) groups excluding carboxylic acids is 1. The van der Waals surface area contributed by atoms with Gasteiger partial charge in [0.15, 0.2) is 0 Å². The molecule has 0 bridgehead atoms. The number of esters is 1. The highest BCUT2D eigenvalue weighted by Crippen LogP contribution is 2.27. The molecule has 0 aliphatic heterocycles. The molecule has 2 aromatic rings. The fourth-order valence-electron chi connectivity index (χ4n) is 2.01. The van der Waals surface area contributed by atoms with E-state index in [1.165, 1.54) is 0 Å². The Labute approximate surface area is 123 Å². The van der Waals surface area contributed by atoms with Crippen molar-refractivity contribution in [3.8, 4) is 22.9 Å². The van der Waals surface area contributed by atoms with E-state index >= 15 is 0 Å². The van der Waals surface area contributed by atoms with E-state index in [0.717, 1.165) is 16.9 Å². The standard InChI is InChI=1S/C17H15NO3/c1-3-21-17(19)16-10-12(11-18)4-9-15(16)13-5-7-14(20-2)8-6-13/h4-10H,3H2,1-2H3. The number of hydrogen-bond donors (Lipinski definition) is 0. The van der Waals surface area contributed by atoms with E-state index in [1.807, 2.05) is 30.3 Å². The summed E-state index contributed by atoms with van der Waals surface area (Å²) in [7, 11) is 1.60. The smallest absolute Gasteiger partial charge is 0.338 e. The van der Waals surface area contributed by atoms with Crippen molar-refractivity contribution in [2.45, 2.75) is 6.92 Å². The summed E-state index contributed by atoms with van der Waals surface area (Å²) in [6.45, 7) is 2.04. The largest absolute Gasteiger partial charge is 0.497 e. The number of nitrogens with zero attached hydrogens (tertiary/aromatic N) is 1. The average molecular weight is 281 g/mol. The van der Waals surface area contributed by atoms with Crippen molar-refractivity contribution in [2.75, 3.05) is 13.7 Å². The molecule has 0 amide bonds. The van der Waals surface area contributed by atoms with E-state index in [2.05, 4.69) is 0 Å². The van der Waals surface area contributed by atoms with Gasteiger partial charge in [0.25, 0.3) is 0 Å². The molecule has 2 aromatic carbocycles. The van der Waals surface area contributed by atoms with Crippen LogP contribution in [0.4, 0.5) is 0 Å². The van der Waals surface area contributed by atoms with Crippen molar-refractivity contribution in [3.63, 3.8) is 0 Å². The number of hydrogen-bond acceptors (Lipinski definition) is 4. The number of carbonyl (C=O) groups is 1. The number of ether oxygens (including phenoxy) is 2. The van der Waals surface area contributed by atoms with Gasteiger partial charge in [-0.1, -0.05) is 18.2 Å². The molecule has 0 radical (unpaired) electrons. The maximum Gasteiger partial charge on any atom is 0.338 e. The van der Waals surface area contributed by atoms with Crippen LogP contribution in [0.2, 0.25) is 0 Å². The van der Waals surface area contributed by atoms with Crippen molar-refractivity contribution in [1.82, 2.24) is 0 Å². The molecule has 21 heavy (non-hydrogen) atoms. The lowest BCUT2D eigenvalue weighted by atomic mass is 9.97. The molecule has 0 fully saturated rings. The van der Waals surface area contributed by atoms with Gasteiger partial charge in [-0.05, 0) is 42.3 Å². The van der Waals surface area contributed by atoms with E-state index in [-0.39, 0.29) is 6.61 Å². The minimum atomic E-state index is -0.430. The lowest BCUT2D eigenvalue weighted by Gasteiger charge is -2.10.